The topological polar surface area (TPSA) is 23.9 Å². The quantitative estimate of drug-likeness (QED) is 0.708. The lowest BCUT2D eigenvalue weighted by Gasteiger charge is -2.24. The fraction of sp³-hybridized carbons (Fsp3) is 0.643. The van der Waals surface area contributed by atoms with Crippen LogP contribution in [-0.4, -0.2) is 5.71 Å². The molecule has 84 valence electrons. The van der Waals surface area contributed by atoms with Gasteiger partial charge in [-0.3, -0.25) is 0 Å². The summed E-state index contributed by atoms with van der Waals surface area (Å²) in [5.74, 6) is 1.28. The Bertz CT molecular complexity index is 294. The Labute approximate surface area is 93.8 Å². The molecule has 15 heavy (non-hydrogen) atoms. The van der Waals surface area contributed by atoms with E-state index in [2.05, 4.69) is 33.8 Å². The van der Waals surface area contributed by atoms with E-state index in [1.807, 2.05) is 6.08 Å². The summed E-state index contributed by atoms with van der Waals surface area (Å²) in [6.07, 6.45) is 7.33. The molecule has 1 atom stereocenters. The molecule has 0 amide bonds. The lowest BCUT2D eigenvalue weighted by atomic mass is 9.81. The largest absolute Gasteiger partial charge is 0.301 e. The van der Waals surface area contributed by atoms with Gasteiger partial charge in [0.05, 0.1) is 5.71 Å². The van der Waals surface area contributed by atoms with Crippen molar-refractivity contribution >= 4 is 5.71 Å². The van der Waals surface area contributed by atoms with E-state index >= 15 is 0 Å². The van der Waals surface area contributed by atoms with Gasteiger partial charge in [-0.25, -0.2) is 0 Å². The maximum Gasteiger partial charge on any atom is 0.0568 e. The van der Waals surface area contributed by atoms with Crippen LogP contribution in [0.2, 0.25) is 0 Å². The minimum atomic E-state index is 0.608. The van der Waals surface area contributed by atoms with Crippen molar-refractivity contribution in [1.82, 2.24) is 0 Å². The summed E-state index contributed by atoms with van der Waals surface area (Å²) in [4.78, 5) is 0. The number of allylic oxidation sites excluding steroid dienone is 4. The Hall–Kier alpha value is -0.850. The van der Waals surface area contributed by atoms with Gasteiger partial charge in [0.2, 0.25) is 0 Å². The van der Waals surface area contributed by atoms with E-state index in [0.29, 0.717) is 11.8 Å². The molecule has 0 aliphatic heterocycles. The van der Waals surface area contributed by atoms with E-state index < -0.39 is 0 Å². The SMILES string of the molecule is CC/C(=C1\CCC=CC1=N)C(C)C(C)C. The van der Waals surface area contributed by atoms with Crippen LogP contribution in [0, 0.1) is 17.2 Å². The Morgan fingerprint density at radius 3 is 2.53 bits per heavy atom. The number of hydrogen-bond donors (Lipinski definition) is 1. The highest BCUT2D eigenvalue weighted by atomic mass is 14.4. The van der Waals surface area contributed by atoms with Gasteiger partial charge >= 0.3 is 0 Å². The average Bonchev–Trinajstić information content (AvgIpc) is 2.21. The van der Waals surface area contributed by atoms with Crippen molar-refractivity contribution in [3.8, 4) is 0 Å². The first-order chi connectivity index (χ1) is 7.07. The summed E-state index contributed by atoms with van der Waals surface area (Å²) in [5, 5.41) is 7.97. The molecule has 1 heteroatoms. The molecule has 0 saturated heterocycles. The zero-order valence-electron chi connectivity index (χ0n) is 10.4. The van der Waals surface area contributed by atoms with Crippen molar-refractivity contribution in [2.24, 2.45) is 11.8 Å². The first-order valence-electron chi connectivity index (χ1n) is 6.05. The second kappa shape index (κ2) is 5.29. The minimum Gasteiger partial charge on any atom is -0.301 e. The van der Waals surface area contributed by atoms with Crippen LogP contribution in [0.4, 0.5) is 0 Å². The highest BCUT2D eigenvalue weighted by Crippen LogP contribution is 2.29. The standard InChI is InChI=1S/C14H23N/c1-5-12(11(4)10(2)3)13-8-6-7-9-14(13)15/h7,9-11,15H,5-6,8H2,1-4H3/b13-12-,15-14?. The normalized spacial score (nSPS) is 22.1. The van der Waals surface area contributed by atoms with Crippen molar-refractivity contribution in [1.29, 1.82) is 5.41 Å². The van der Waals surface area contributed by atoms with E-state index in [1.54, 1.807) is 0 Å². The molecule has 0 aromatic heterocycles. The van der Waals surface area contributed by atoms with Crippen LogP contribution in [-0.2, 0) is 0 Å². The van der Waals surface area contributed by atoms with Gasteiger partial charge in [0, 0.05) is 0 Å². The van der Waals surface area contributed by atoms with Crippen LogP contribution in [0.1, 0.15) is 47.0 Å². The summed E-state index contributed by atoms with van der Waals surface area (Å²) in [6, 6.07) is 0. The number of nitrogens with one attached hydrogen (secondary N) is 1. The van der Waals surface area contributed by atoms with E-state index in [1.165, 1.54) is 11.1 Å². The Morgan fingerprint density at radius 2 is 2.07 bits per heavy atom. The van der Waals surface area contributed by atoms with E-state index in [0.717, 1.165) is 25.0 Å². The Balaban J connectivity index is 3.02. The second-order valence-electron chi connectivity index (χ2n) is 4.74. The fourth-order valence-electron chi connectivity index (χ4n) is 2.21. The minimum absolute atomic E-state index is 0.608. The first-order valence-corrected chi connectivity index (χ1v) is 6.05. The predicted molar refractivity (Wildman–Crippen MR) is 67.4 cm³/mol. The zero-order chi connectivity index (χ0) is 11.4. The molecule has 0 heterocycles. The van der Waals surface area contributed by atoms with Gasteiger partial charge < -0.3 is 5.41 Å². The molecule has 1 rings (SSSR count). The average molecular weight is 205 g/mol. The monoisotopic (exact) mass is 205 g/mol. The lowest BCUT2D eigenvalue weighted by Crippen LogP contribution is -2.14. The lowest BCUT2D eigenvalue weighted by molar-refractivity contribution is 0.466. The van der Waals surface area contributed by atoms with Gasteiger partial charge in [0.1, 0.15) is 0 Å². The molecule has 1 N–H and O–H groups in total. The van der Waals surface area contributed by atoms with Gasteiger partial charge in [0.15, 0.2) is 0 Å². The predicted octanol–water partition coefficient (Wildman–Crippen LogP) is 4.35. The van der Waals surface area contributed by atoms with Crippen LogP contribution in [0.3, 0.4) is 0 Å². The van der Waals surface area contributed by atoms with Crippen LogP contribution < -0.4 is 0 Å². The van der Waals surface area contributed by atoms with Crippen molar-refractivity contribution in [2.75, 3.05) is 0 Å². The van der Waals surface area contributed by atoms with E-state index in [9.17, 15) is 0 Å². The third-order valence-corrected chi connectivity index (χ3v) is 3.49. The molecule has 1 nitrogen and oxygen atoms in total. The van der Waals surface area contributed by atoms with E-state index in [-0.39, 0.29) is 0 Å². The highest BCUT2D eigenvalue weighted by Gasteiger charge is 2.18. The Morgan fingerprint density at radius 1 is 1.40 bits per heavy atom. The van der Waals surface area contributed by atoms with Gasteiger partial charge in [-0.1, -0.05) is 39.3 Å². The number of rotatable bonds is 3. The maximum atomic E-state index is 7.97. The summed E-state index contributed by atoms with van der Waals surface area (Å²) >= 11 is 0. The third kappa shape index (κ3) is 2.80. The summed E-state index contributed by atoms with van der Waals surface area (Å²) in [5.41, 5.74) is 3.55. The van der Waals surface area contributed by atoms with Crippen LogP contribution in [0.25, 0.3) is 0 Å². The molecule has 0 spiro atoms. The van der Waals surface area contributed by atoms with Gasteiger partial charge in [-0.05, 0) is 42.7 Å². The molecule has 0 aromatic rings. The summed E-state index contributed by atoms with van der Waals surface area (Å²) < 4.78 is 0. The molecule has 1 aliphatic rings. The summed E-state index contributed by atoms with van der Waals surface area (Å²) in [7, 11) is 0. The fourth-order valence-corrected chi connectivity index (χ4v) is 2.21. The summed E-state index contributed by atoms with van der Waals surface area (Å²) in [6.45, 7) is 9.04. The molecule has 1 unspecified atom stereocenters. The molecule has 0 radical (unpaired) electrons. The van der Waals surface area contributed by atoms with Crippen molar-refractivity contribution in [2.45, 2.75) is 47.0 Å². The van der Waals surface area contributed by atoms with Crippen LogP contribution in [0.5, 0.6) is 0 Å². The van der Waals surface area contributed by atoms with Crippen LogP contribution >= 0.6 is 0 Å². The van der Waals surface area contributed by atoms with Crippen molar-refractivity contribution in [3.05, 3.63) is 23.3 Å². The number of hydrogen-bond acceptors (Lipinski definition) is 1. The maximum absolute atomic E-state index is 7.97. The van der Waals surface area contributed by atoms with Gasteiger partial charge in [-0.15, -0.1) is 0 Å². The molecular formula is C14H23N. The molecule has 0 bridgehead atoms. The smallest absolute Gasteiger partial charge is 0.0568 e. The highest BCUT2D eigenvalue weighted by molar-refractivity contribution is 6.07. The second-order valence-corrected chi connectivity index (χ2v) is 4.74. The molecule has 0 aromatic carbocycles. The molecule has 1 aliphatic carbocycles. The van der Waals surface area contributed by atoms with E-state index in [4.69, 9.17) is 5.41 Å². The Kier molecular flexibility index (Phi) is 4.31. The first kappa shape index (κ1) is 12.2. The van der Waals surface area contributed by atoms with Crippen molar-refractivity contribution in [3.63, 3.8) is 0 Å². The molecule has 0 fully saturated rings. The zero-order valence-corrected chi connectivity index (χ0v) is 10.4. The molecular weight excluding hydrogens is 182 g/mol. The molecule has 0 saturated carbocycles. The van der Waals surface area contributed by atoms with Crippen LogP contribution in [0.15, 0.2) is 23.3 Å². The van der Waals surface area contributed by atoms with Gasteiger partial charge in [-0.2, -0.15) is 0 Å². The van der Waals surface area contributed by atoms with Gasteiger partial charge in [0.25, 0.3) is 0 Å². The van der Waals surface area contributed by atoms with Crippen molar-refractivity contribution < 1.29 is 0 Å². The third-order valence-electron chi connectivity index (χ3n) is 3.49.